The van der Waals surface area contributed by atoms with Gasteiger partial charge in [-0.25, -0.2) is 4.79 Å². The van der Waals surface area contributed by atoms with Crippen molar-refractivity contribution in [3.8, 4) is 17.2 Å². The first kappa shape index (κ1) is 14.4. The lowest BCUT2D eigenvalue weighted by molar-refractivity contribution is 0.0697. The third-order valence-electron chi connectivity index (χ3n) is 2.52. The summed E-state index contributed by atoms with van der Waals surface area (Å²) < 4.78 is 11.7. The predicted molar refractivity (Wildman–Crippen MR) is 78.8 cm³/mol. The van der Waals surface area contributed by atoms with Gasteiger partial charge in [0.25, 0.3) is 0 Å². The first-order chi connectivity index (χ1) is 9.60. The minimum absolute atomic E-state index is 0.201. The normalized spacial score (nSPS) is 10.1. The van der Waals surface area contributed by atoms with Crippen molar-refractivity contribution < 1.29 is 19.4 Å². The number of aromatic carboxylic acids is 1. The van der Waals surface area contributed by atoms with Crippen LogP contribution in [-0.4, -0.2) is 17.7 Å². The Balaban J connectivity index is 2.21. The van der Waals surface area contributed by atoms with Crippen molar-refractivity contribution in [3.63, 3.8) is 0 Å². The minimum Gasteiger partial charge on any atom is -0.494 e. The number of carboxylic acids is 1. The topological polar surface area (TPSA) is 55.8 Å². The Morgan fingerprint density at radius 1 is 1.20 bits per heavy atom. The largest absolute Gasteiger partial charge is 0.494 e. The number of benzene rings is 2. The fourth-order valence-electron chi connectivity index (χ4n) is 1.64. The van der Waals surface area contributed by atoms with Gasteiger partial charge >= 0.3 is 5.97 Å². The molecule has 0 amide bonds. The van der Waals surface area contributed by atoms with Gasteiger partial charge in [0.15, 0.2) is 0 Å². The highest BCUT2D eigenvalue weighted by molar-refractivity contribution is 9.10. The maximum atomic E-state index is 10.9. The molecule has 0 spiro atoms. The van der Waals surface area contributed by atoms with Crippen molar-refractivity contribution >= 4 is 21.9 Å². The van der Waals surface area contributed by atoms with E-state index < -0.39 is 5.97 Å². The van der Waals surface area contributed by atoms with Crippen LogP contribution in [-0.2, 0) is 0 Å². The highest BCUT2D eigenvalue weighted by Gasteiger charge is 2.08. The van der Waals surface area contributed by atoms with Gasteiger partial charge in [-0.05, 0) is 53.2 Å². The first-order valence-electron chi connectivity index (χ1n) is 6.03. The average molecular weight is 337 g/mol. The maximum absolute atomic E-state index is 10.9. The second-order valence-electron chi connectivity index (χ2n) is 3.96. The molecule has 104 valence electrons. The molecule has 0 radical (unpaired) electrons. The van der Waals surface area contributed by atoms with Crippen molar-refractivity contribution in [2.45, 2.75) is 6.92 Å². The Bertz CT molecular complexity index is 625. The molecule has 4 nitrogen and oxygen atoms in total. The molecule has 0 saturated carbocycles. The quantitative estimate of drug-likeness (QED) is 0.882. The molecule has 2 aromatic rings. The van der Waals surface area contributed by atoms with E-state index >= 15 is 0 Å². The van der Waals surface area contributed by atoms with E-state index in [-0.39, 0.29) is 5.56 Å². The summed E-state index contributed by atoms with van der Waals surface area (Å²) in [5.41, 5.74) is 0.201. The number of rotatable bonds is 5. The summed E-state index contributed by atoms with van der Waals surface area (Å²) in [6.07, 6.45) is 0. The molecule has 0 aliphatic carbocycles. The molecule has 20 heavy (non-hydrogen) atoms. The number of hydrogen-bond acceptors (Lipinski definition) is 3. The van der Waals surface area contributed by atoms with E-state index in [1.807, 2.05) is 19.1 Å². The van der Waals surface area contributed by atoms with E-state index in [4.69, 9.17) is 14.6 Å². The molecule has 0 aromatic heterocycles. The van der Waals surface area contributed by atoms with Crippen LogP contribution in [0.25, 0.3) is 0 Å². The SMILES string of the molecule is CCOc1cccc(Oc2ccc(C(=O)O)cc2Br)c1. The summed E-state index contributed by atoms with van der Waals surface area (Å²) in [6, 6.07) is 11.9. The van der Waals surface area contributed by atoms with E-state index in [1.54, 1.807) is 18.2 Å². The van der Waals surface area contributed by atoms with Crippen LogP contribution >= 0.6 is 15.9 Å². The molecule has 1 N–H and O–H groups in total. The van der Waals surface area contributed by atoms with E-state index in [0.717, 1.165) is 5.75 Å². The monoisotopic (exact) mass is 336 g/mol. The third kappa shape index (κ3) is 3.51. The molecule has 0 atom stereocenters. The van der Waals surface area contributed by atoms with Crippen LogP contribution in [0, 0.1) is 0 Å². The molecular formula is C15H13BrO4. The maximum Gasteiger partial charge on any atom is 0.335 e. The Hall–Kier alpha value is -2.01. The van der Waals surface area contributed by atoms with Gasteiger partial charge in [-0.2, -0.15) is 0 Å². The summed E-state index contributed by atoms with van der Waals surface area (Å²) in [7, 11) is 0. The molecule has 0 aliphatic heterocycles. The number of ether oxygens (including phenoxy) is 2. The van der Waals surface area contributed by atoms with Crippen LogP contribution in [0.1, 0.15) is 17.3 Å². The Kier molecular flexibility index (Phi) is 4.63. The van der Waals surface area contributed by atoms with Crippen LogP contribution in [0.2, 0.25) is 0 Å². The Morgan fingerprint density at radius 2 is 1.95 bits per heavy atom. The van der Waals surface area contributed by atoms with Crippen LogP contribution in [0.4, 0.5) is 0 Å². The summed E-state index contributed by atoms with van der Waals surface area (Å²) >= 11 is 3.30. The zero-order valence-electron chi connectivity index (χ0n) is 10.8. The molecule has 0 unspecified atom stereocenters. The fraction of sp³-hybridized carbons (Fsp3) is 0.133. The second-order valence-corrected chi connectivity index (χ2v) is 4.81. The van der Waals surface area contributed by atoms with Crippen LogP contribution in [0.3, 0.4) is 0 Å². The van der Waals surface area contributed by atoms with E-state index in [2.05, 4.69) is 15.9 Å². The van der Waals surface area contributed by atoms with E-state index in [0.29, 0.717) is 22.6 Å². The summed E-state index contributed by atoms with van der Waals surface area (Å²) in [6.45, 7) is 2.50. The molecule has 0 heterocycles. The van der Waals surface area contributed by atoms with Crippen LogP contribution < -0.4 is 9.47 Å². The number of hydrogen-bond donors (Lipinski definition) is 1. The summed E-state index contributed by atoms with van der Waals surface area (Å²) in [5.74, 6) is 0.919. The summed E-state index contributed by atoms with van der Waals surface area (Å²) in [5, 5.41) is 8.91. The van der Waals surface area contributed by atoms with E-state index in [1.165, 1.54) is 12.1 Å². The molecule has 0 saturated heterocycles. The van der Waals surface area contributed by atoms with Gasteiger partial charge in [0, 0.05) is 6.07 Å². The minimum atomic E-state index is -0.976. The zero-order chi connectivity index (χ0) is 14.5. The first-order valence-corrected chi connectivity index (χ1v) is 6.83. The Morgan fingerprint density at radius 3 is 2.60 bits per heavy atom. The van der Waals surface area contributed by atoms with Gasteiger partial charge in [-0.3, -0.25) is 0 Å². The molecule has 0 fully saturated rings. The van der Waals surface area contributed by atoms with Crippen LogP contribution in [0.15, 0.2) is 46.9 Å². The van der Waals surface area contributed by atoms with Gasteiger partial charge < -0.3 is 14.6 Å². The van der Waals surface area contributed by atoms with Gasteiger partial charge in [0.2, 0.25) is 0 Å². The molecule has 2 rings (SSSR count). The molecular weight excluding hydrogens is 324 g/mol. The summed E-state index contributed by atoms with van der Waals surface area (Å²) in [4.78, 5) is 10.9. The van der Waals surface area contributed by atoms with Gasteiger partial charge in [-0.1, -0.05) is 6.07 Å². The molecule has 5 heteroatoms. The lowest BCUT2D eigenvalue weighted by Gasteiger charge is -2.10. The van der Waals surface area contributed by atoms with Crippen LogP contribution in [0.5, 0.6) is 17.2 Å². The van der Waals surface area contributed by atoms with Gasteiger partial charge in [0.05, 0.1) is 16.6 Å². The number of halogens is 1. The third-order valence-corrected chi connectivity index (χ3v) is 3.14. The standard InChI is InChI=1S/C15H13BrO4/c1-2-19-11-4-3-5-12(9-11)20-14-7-6-10(15(17)18)8-13(14)16/h3-9H,2H2,1H3,(H,17,18). The lowest BCUT2D eigenvalue weighted by Crippen LogP contribution is -1.96. The van der Waals surface area contributed by atoms with Gasteiger partial charge in [0.1, 0.15) is 17.2 Å². The van der Waals surface area contributed by atoms with Crippen molar-refractivity contribution in [1.29, 1.82) is 0 Å². The fourth-order valence-corrected chi connectivity index (χ4v) is 2.10. The molecule has 0 aliphatic rings. The highest BCUT2D eigenvalue weighted by atomic mass is 79.9. The predicted octanol–water partition coefficient (Wildman–Crippen LogP) is 4.34. The molecule has 0 bridgehead atoms. The van der Waals surface area contributed by atoms with Crippen molar-refractivity contribution in [1.82, 2.24) is 0 Å². The zero-order valence-corrected chi connectivity index (χ0v) is 12.4. The molecule has 2 aromatic carbocycles. The number of carbonyl (C=O) groups is 1. The van der Waals surface area contributed by atoms with Crippen molar-refractivity contribution in [2.24, 2.45) is 0 Å². The number of carboxylic acid groups (broad SMARTS) is 1. The Labute approximate surface area is 125 Å². The van der Waals surface area contributed by atoms with Gasteiger partial charge in [-0.15, -0.1) is 0 Å². The van der Waals surface area contributed by atoms with E-state index in [9.17, 15) is 4.79 Å². The second kappa shape index (κ2) is 6.43. The smallest absolute Gasteiger partial charge is 0.335 e. The van der Waals surface area contributed by atoms with Crippen molar-refractivity contribution in [3.05, 3.63) is 52.5 Å². The average Bonchev–Trinajstić information content (AvgIpc) is 2.42. The lowest BCUT2D eigenvalue weighted by atomic mass is 10.2. The van der Waals surface area contributed by atoms with Crippen molar-refractivity contribution in [2.75, 3.05) is 6.61 Å². The highest BCUT2D eigenvalue weighted by Crippen LogP contribution is 2.31.